The number of nitrogens with one attached hydrogen (secondary N) is 1. The topological polar surface area (TPSA) is 73.1 Å². The number of hydrogen-bond donors (Lipinski definition) is 2. The smallest absolute Gasteiger partial charge is 0.203 e. The lowest BCUT2D eigenvalue weighted by atomic mass is 9.95. The summed E-state index contributed by atoms with van der Waals surface area (Å²) in [5.74, 6) is 1.52. The molecule has 1 rings (SSSR count). The molecule has 0 bridgehead atoms. The van der Waals surface area contributed by atoms with Crippen LogP contribution < -0.4 is 15.8 Å². The van der Waals surface area contributed by atoms with E-state index in [1.807, 2.05) is 0 Å². The molecule has 16 heavy (non-hydrogen) atoms. The molecule has 0 aliphatic carbocycles. The van der Waals surface area contributed by atoms with Gasteiger partial charge in [-0.25, -0.2) is 9.97 Å². The molecule has 0 radical (unpaired) electrons. The SMILES string of the molecule is CCC(C)(CC)Nc1ncnc(N)c1OC. The van der Waals surface area contributed by atoms with Crippen molar-refractivity contribution in [2.75, 3.05) is 18.2 Å². The van der Waals surface area contributed by atoms with Crippen LogP contribution in [0.2, 0.25) is 0 Å². The predicted molar refractivity (Wildman–Crippen MR) is 65.6 cm³/mol. The fourth-order valence-electron chi connectivity index (χ4n) is 1.39. The third kappa shape index (κ3) is 2.53. The van der Waals surface area contributed by atoms with Crippen molar-refractivity contribution in [3.63, 3.8) is 0 Å². The van der Waals surface area contributed by atoms with Gasteiger partial charge in [-0.15, -0.1) is 0 Å². The first kappa shape index (κ1) is 12.5. The number of ether oxygens (including phenoxy) is 1. The summed E-state index contributed by atoms with van der Waals surface area (Å²) in [4.78, 5) is 8.06. The summed E-state index contributed by atoms with van der Waals surface area (Å²) in [5.41, 5.74) is 5.71. The van der Waals surface area contributed by atoms with E-state index in [9.17, 15) is 0 Å². The first-order chi connectivity index (χ1) is 7.56. The van der Waals surface area contributed by atoms with Gasteiger partial charge in [-0.2, -0.15) is 0 Å². The maximum atomic E-state index is 5.72. The summed E-state index contributed by atoms with van der Waals surface area (Å²) in [7, 11) is 1.56. The molecule has 5 heteroatoms. The number of aromatic nitrogens is 2. The van der Waals surface area contributed by atoms with E-state index in [1.54, 1.807) is 7.11 Å². The van der Waals surface area contributed by atoms with Crippen LogP contribution in [0.25, 0.3) is 0 Å². The Morgan fingerprint density at radius 3 is 2.50 bits per heavy atom. The molecule has 1 heterocycles. The van der Waals surface area contributed by atoms with Crippen molar-refractivity contribution in [2.24, 2.45) is 0 Å². The summed E-state index contributed by atoms with van der Waals surface area (Å²) in [5, 5.41) is 3.36. The summed E-state index contributed by atoms with van der Waals surface area (Å²) in [6, 6.07) is 0. The van der Waals surface area contributed by atoms with E-state index in [0.29, 0.717) is 17.4 Å². The van der Waals surface area contributed by atoms with Crippen LogP contribution in [-0.4, -0.2) is 22.6 Å². The molecule has 0 amide bonds. The first-order valence-corrected chi connectivity index (χ1v) is 5.49. The maximum absolute atomic E-state index is 5.72. The third-order valence-corrected chi connectivity index (χ3v) is 3.02. The Bertz CT molecular complexity index is 350. The Kier molecular flexibility index (Phi) is 3.93. The fraction of sp³-hybridized carbons (Fsp3) is 0.636. The second-order valence-corrected chi connectivity index (χ2v) is 4.03. The minimum Gasteiger partial charge on any atom is -0.490 e. The van der Waals surface area contributed by atoms with Crippen LogP contribution in [0.4, 0.5) is 11.6 Å². The zero-order chi connectivity index (χ0) is 12.2. The van der Waals surface area contributed by atoms with Crippen molar-refractivity contribution in [3.8, 4) is 5.75 Å². The van der Waals surface area contributed by atoms with Crippen LogP contribution in [0.1, 0.15) is 33.6 Å². The summed E-state index contributed by atoms with van der Waals surface area (Å²) >= 11 is 0. The monoisotopic (exact) mass is 224 g/mol. The lowest BCUT2D eigenvalue weighted by Gasteiger charge is -2.29. The predicted octanol–water partition coefficient (Wildman–Crippen LogP) is 2.06. The Morgan fingerprint density at radius 1 is 1.38 bits per heavy atom. The van der Waals surface area contributed by atoms with E-state index in [-0.39, 0.29) is 5.54 Å². The molecule has 0 atom stereocenters. The Labute approximate surface area is 96.4 Å². The molecule has 0 spiro atoms. The lowest BCUT2D eigenvalue weighted by molar-refractivity contribution is 0.409. The van der Waals surface area contributed by atoms with Crippen LogP contribution in [-0.2, 0) is 0 Å². The number of methoxy groups -OCH3 is 1. The number of anilines is 2. The zero-order valence-corrected chi connectivity index (χ0v) is 10.4. The maximum Gasteiger partial charge on any atom is 0.203 e. The van der Waals surface area contributed by atoms with Gasteiger partial charge < -0.3 is 15.8 Å². The molecule has 0 unspecified atom stereocenters. The number of rotatable bonds is 5. The molecule has 3 N–H and O–H groups in total. The van der Waals surface area contributed by atoms with E-state index in [4.69, 9.17) is 10.5 Å². The zero-order valence-electron chi connectivity index (χ0n) is 10.4. The molecule has 0 aromatic carbocycles. The van der Waals surface area contributed by atoms with Crippen molar-refractivity contribution in [2.45, 2.75) is 39.2 Å². The van der Waals surface area contributed by atoms with Crippen LogP contribution in [0.5, 0.6) is 5.75 Å². The van der Waals surface area contributed by atoms with Gasteiger partial charge in [0.15, 0.2) is 11.6 Å². The number of hydrogen-bond acceptors (Lipinski definition) is 5. The highest BCUT2D eigenvalue weighted by Gasteiger charge is 2.22. The normalized spacial score (nSPS) is 11.2. The van der Waals surface area contributed by atoms with Crippen molar-refractivity contribution < 1.29 is 4.74 Å². The molecule has 0 aliphatic heterocycles. The van der Waals surface area contributed by atoms with Crippen molar-refractivity contribution in [3.05, 3.63) is 6.33 Å². The quantitative estimate of drug-likeness (QED) is 0.800. The van der Waals surface area contributed by atoms with Crippen molar-refractivity contribution in [1.29, 1.82) is 0 Å². The van der Waals surface area contributed by atoms with E-state index >= 15 is 0 Å². The summed E-state index contributed by atoms with van der Waals surface area (Å²) < 4.78 is 5.20. The summed E-state index contributed by atoms with van der Waals surface area (Å²) in [6.07, 6.45) is 3.43. The summed E-state index contributed by atoms with van der Waals surface area (Å²) in [6.45, 7) is 6.41. The second-order valence-electron chi connectivity index (χ2n) is 4.03. The average molecular weight is 224 g/mol. The molecule has 0 saturated carbocycles. The third-order valence-electron chi connectivity index (χ3n) is 3.02. The second kappa shape index (κ2) is 5.01. The number of nitrogen functional groups attached to an aromatic ring is 1. The van der Waals surface area contributed by atoms with Gasteiger partial charge in [0.05, 0.1) is 7.11 Å². The van der Waals surface area contributed by atoms with Gasteiger partial charge in [0.1, 0.15) is 6.33 Å². The average Bonchev–Trinajstić information content (AvgIpc) is 2.29. The molecule has 90 valence electrons. The van der Waals surface area contributed by atoms with Crippen LogP contribution in [0.3, 0.4) is 0 Å². The van der Waals surface area contributed by atoms with E-state index in [2.05, 4.69) is 36.1 Å². The Hall–Kier alpha value is -1.52. The van der Waals surface area contributed by atoms with Gasteiger partial charge in [0.2, 0.25) is 5.75 Å². The van der Waals surface area contributed by atoms with Crippen LogP contribution in [0, 0.1) is 0 Å². The Balaban J connectivity index is 3.01. The van der Waals surface area contributed by atoms with E-state index in [1.165, 1.54) is 6.33 Å². The van der Waals surface area contributed by atoms with E-state index < -0.39 is 0 Å². The standard InChI is InChI=1S/C11H20N4O/c1-5-11(3,6-2)15-10-8(16-4)9(12)13-7-14-10/h7H,5-6H2,1-4H3,(H3,12,13,14,15). The first-order valence-electron chi connectivity index (χ1n) is 5.49. The molecule has 0 aliphatic rings. The highest BCUT2D eigenvalue weighted by Crippen LogP contribution is 2.30. The molecule has 5 nitrogen and oxygen atoms in total. The minimum absolute atomic E-state index is 0.00588. The van der Waals surface area contributed by atoms with Gasteiger partial charge in [-0.3, -0.25) is 0 Å². The Morgan fingerprint density at radius 2 is 2.00 bits per heavy atom. The van der Waals surface area contributed by atoms with Gasteiger partial charge in [-0.05, 0) is 19.8 Å². The largest absolute Gasteiger partial charge is 0.490 e. The highest BCUT2D eigenvalue weighted by molar-refractivity contribution is 5.62. The van der Waals surface area contributed by atoms with Crippen LogP contribution in [0.15, 0.2) is 6.33 Å². The van der Waals surface area contributed by atoms with Crippen LogP contribution >= 0.6 is 0 Å². The number of nitrogens with zero attached hydrogens (tertiary/aromatic N) is 2. The number of nitrogens with two attached hydrogens (primary N) is 1. The van der Waals surface area contributed by atoms with Crippen molar-refractivity contribution in [1.82, 2.24) is 9.97 Å². The minimum atomic E-state index is -0.00588. The molecular formula is C11H20N4O. The van der Waals surface area contributed by atoms with E-state index in [0.717, 1.165) is 12.8 Å². The lowest BCUT2D eigenvalue weighted by Crippen LogP contribution is -2.33. The van der Waals surface area contributed by atoms with Gasteiger partial charge >= 0.3 is 0 Å². The van der Waals surface area contributed by atoms with Gasteiger partial charge in [0, 0.05) is 5.54 Å². The molecule has 1 aromatic heterocycles. The molecular weight excluding hydrogens is 204 g/mol. The molecule has 1 aromatic rings. The molecule has 0 saturated heterocycles. The van der Waals surface area contributed by atoms with Crippen molar-refractivity contribution >= 4 is 11.6 Å². The fourth-order valence-corrected chi connectivity index (χ4v) is 1.39. The molecule has 0 fully saturated rings. The van der Waals surface area contributed by atoms with Gasteiger partial charge in [0.25, 0.3) is 0 Å². The highest BCUT2D eigenvalue weighted by atomic mass is 16.5. The van der Waals surface area contributed by atoms with Gasteiger partial charge in [-0.1, -0.05) is 13.8 Å².